The van der Waals surface area contributed by atoms with Gasteiger partial charge in [-0.2, -0.15) is 0 Å². The molecule has 1 fully saturated rings. The fourth-order valence-corrected chi connectivity index (χ4v) is 3.14. The maximum atomic E-state index is 5.79. The Balaban J connectivity index is 1.81. The number of piperidine rings is 1. The molecule has 1 aliphatic heterocycles. The smallest absolute Gasteiger partial charge is 0.119 e. The van der Waals surface area contributed by atoms with Crippen molar-refractivity contribution < 1.29 is 9.47 Å². The van der Waals surface area contributed by atoms with E-state index in [1.807, 2.05) is 13.1 Å². The first-order valence-corrected chi connectivity index (χ1v) is 8.39. The van der Waals surface area contributed by atoms with E-state index < -0.39 is 0 Å². The van der Waals surface area contributed by atoms with Crippen molar-refractivity contribution >= 4 is 0 Å². The molecule has 2 rings (SSSR count). The zero-order valence-corrected chi connectivity index (χ0v) is 14.0. The van der Waals surface area contributed by atoms with Crippen LogP contribution in [0, 0.1) is 5.92 Å². The molecule has 1 heterocycles. The van der Waals surface area contributed by atoms with Crippen molar-refractivity contribution in [2.75, 3.05) is 47.0 Å². The van der Waals surface area contributed by atoms with Crippen molar-refractivity contribution in [3.63, 3.8) is 0 Å². The molecule has 1 saturated heterocycles. The second kappa shape index (κ2) is 9.82. The molecule has 1 atom stereocenters. The van der Waals surface area contributed by atoms with Gasteiger partial charge >= 0.3 is 0 Å². The maximum Gasteiger partial charge on any atom is 0.119 e. The summed E-state index contributed by atoms with van der Waals surface area (Å²) in [6, 6.07) is 8.50. The van der Waals surface area contributed by atoms with Gasteiger partial charge in [0.25, 0.3) is 0 Å². The van der Waals surface area contributed by atoms with Gasteiger partial charge in [0.2, 0.25) is 0 Å². The Morgan fingerprint density at radius 2 is 2.23 bits per heavy atom. The van der Waals surface area contributed by atoms with Crippen molar-refractivity contribution in [1.29, 1.82) is 0 Å². The highest BCUT2D eigenvalue weighted by atomic mass is 16.5. The molecule has 0 aliphatic carbocycles. The number of benzene rings is 1. The minimum Gasteiger partial charge on any atom is -0.493 e. The average Bonchev–Trinajstić information content (AvgIpc) is 2.53. The molecule has 1 aromatic carbocycles. The van der Waals surface area contributed by atoms with E-state index in [9.17, 15) is 0 Å². The third kappa shape index (κ3) is 5.95. The molecular weight excluding hydrogens is 276 g/mol. The molecule has 0 amide bonds. The first-order valence-electron chi connectivity index (χ1n) is 8.39. The zero-order chi connectivity index (χ0) is 15.6. The van der Waals surface area contributed by atoms with Crippen molar-refractivity contribution in [2.45, 2.75) is 25.8 Å². The van der Waals surface area contributed by atoms with E-state index in [-0.39, 0.29) is 0 Å². The lowest BCUT2D eigenvalue weighted by atomic mass is 9.97. The lowest BCUT2D eigenvalue weighted by Crippen LogP contribution is -2.38. The normalized spacial score (nSPS) is 19.3. The SMILES string of the molecule is CNC[C@H]1CCCN(Cc2cccc(OCCCOC)c2)C1. The molecule has 1 N–H and O–H groups in total. The minimum atomic E-state index is 0.714. The summed E-state index contributed by atoms with van der Waals surface area (Å²) in [6.07, 6.45) is 3.58. The second-order valence-electron chi connectivity index (χ2n) is 6.14. The summed E-state index contributed by atoms with van der Waals surface area (Å²) >= 11 is 0. The van der Waals surface area contributed by atoms with Gasteiger partial charge in [0.1, 0.15) is 5.75 Å². The quantitative estimate of drug-likeness (QED) is 0.711. The summed E-state index contributed by atoms with van der Waals surface area (Å²) < 4.78 is 10.8. The molecule has 0 unspecified atom stereocenters. The van der Waals surface area contributed by atoms with Crippen LogP contribution >= 0.6 is 0 Å². The monoisotopic (exact) mass is 306 g/mol. The van der Waals surface area contributed by atoms with Crippen molar-refractivity contribution in [3.8, 4) is 5.75 Å². The van der Waals surface area contributed by atoms with Crippen LogP contribution in [0.1, 0.15) is 24.8 Å². The molecule has 0 radical (unpaired) electrons. The molecule has 0 saturated carbocycles. The van der Waals surface area contributed by atoms with Gasteiger partial charge in [0.15, 0.2) is 0 Å². The number of methoxy groups -OCH3 is 1. The maximum absolute atomic E-state index is 5.79. The third-order valence-corrected chi connectivity index (χ3v) is 4.16. The minimum absolute atomic E-state index is 0.714. The topological polar surface area (TPSA) is 33.7 Å². The predicted octanol–water partition coefficient (Wildman–Crippen LogP) is 2.53. The molecule has 4 nitrogen and oxygen atoms in total. The molecule has 1 aromatic rings. The number of nitrogens with zero attached hydrogens (tertiary/aromatic N) is 1. The number of likely N-dealkylation sites (tertiary alicyclic amines) is 1. The van der Waals surface area contributed by atoms with Crippen molar-refractivity contribution in [1.82, 2.24) is 10.2 Å². The van der Waals surface area contributed by atoms with E-state index in [1.165, 1.54) is 31.5 Å². The number of ether oxygens (including phenoxy) is 2. The van der Waals surface area contributed by atoms with E-state index in [2.05, 4.69) is 28.4 Å². The van der Waals surface area contributed by atoms with Crippen LogP contribution < -0.4 is 10.1 Å². The van der Waals surface area contributed by atoms with Crippen LogP contribution in [0.3, 0.4) is 0 Å². The average molecular weight is 306 g/mol. The fourth-order valence-electron chi connectivity index (χ4n) is 3.14. The molecule has 4 heteroatoms. The Kier molecular flexibility index (Phi) is 7.71. The van der Waals surface area contributed by atoms with Gasteiger partial charge < -0.3 is 14.8 Å². The third-order valence-electron chi connectivity index (χ3n) is 4.16. The van der Waals surface area contributed by atoms with Gasteiger partial charge in [0.05, 0.1) is 6.61 Å². The van der Waals surface area contributed by atoms with Crippen molar-refractivity contribution in [2.24, 2.45) is 5.92 Å². The number of rotatable bonds is 9. The molecule has 0 aromatic heterocycles. The summed E-state index contributed by atoms with van der Waals surface area (Å²) in [5.41, 5.74) is 1.34. The summed E-state index contributed by atoms with van der Waals surface area (Å²) in [4.78, 5) is 2.57. The van der Waals surface area contributed by atoms with Crippen LogP contribution in [0.15, 0.2) is 24.3 Å². The lowest BCUT2D eigenvalue weighted by molar-refractivity contribution is 0.166. The van der Waals surface area contributed by atoms with Gasteiger partial charge in [-0.3, -0.25) is 4.90 Å². The number of hydrogen-bond donors (Lipinski definition) is 1. The lowest BCUT2D eigenvalue weighted by Gasteiger charge is -2.32. The molecule has 124 valence electrons. The van der Waals surface area contributed by atoms with Crippen LogP contribution in [-0.2, 0) is 11.3 Å². The zero-order valence-electron chi connectivity index (χ0n) is 14.0. The number of nitrogens with one attached hydrogen (secondary N) is 1. The van der Waals surface area contributed by atoms with Crippen LogP contribution in [0.25, 0.3) is 0 Å². The molecule has 0 spiro atoms. The summed E-state index contributed by atoms with van der Waals surface area (Å²) in [7, 11) is 3.77. The Hall–Kier alpha value is -1.10. The van der Waals surface area contributed by atoms with E-state index in [0.29, 0.717) is 6.61 Å². The van der Waals surface area contributed by atoms with E-state index in [1.54, 1.807) is 7.11 Å². The van der Waals surface area contributed by atoms with Gasteiger partial charge in [-0.05, 0) is 56.6 Å². The van der Waals surface area contributed by atoms with Crippen molar-refractivity contribution in [3.05, 3.63) is 29.8 Å². The highest BCUT2D eigenvalue weighted by Gasteiger charge is 2.19. The van der Waals surface area contributed by atoms with Crippen LogP contribution in [0.4, 0.5) is 0 Å². The highest BCUT2D eigenvalue weighted by Crippen LogP contribution is 2.20. The number of hydrogen-bond acceptors (Lipinski definition) is 4. The summed E-state index contributed by atoms with van der Waals surface area (Å²) in [6.45, 7) is 6.01. The van der Waals surface area contributed by atoms with Crippen LogP contribution in [0.2, 0.25) is 0 Å². The standard InChI is InChI=1S/C18H30N2O2/c1-19-13-17-7-4-9-20(15-17)14-16-6-3-8-18(12-16)22-11-5-10-21-2/h3,6,8,12,17,19H,4-5,7,9-11,13-15H2,1-2H3/t17-/m1/s1. The van der Waals surface area contributed by atoms with Gasteiger partial charge in [0, 0.05) is 33.2 Å². The highest BCUT2D eigenvalue weighted by molar-refractivity contribution is 5.28. The molecular formula is C18H30N2O2. The molecule has 22 heavy (non-hydrogen) atoms. The first-order chi connectivity index (χ1) is 10.8. The van der Waals surface area contributed by atoms with Gasteiger partial charge in [-0.25, -0.2) is 0 Å². The van der Waals surface area contributed by atoms with Gasteiger partial charge in [-0.1, -0.05) is 12.1 Å². The Bertz CT molecular complexity index is 423. The van der Waals surface area contributed by atoms with E-state index in [0.717, 1.165) is 37.8 Å². The molecule has 1 aliphatic rings. The Labute approximate surface area is 134 Å². The second-order valence-corrected chi connectivity index (χ2v) is 6.14. The van der Waals surface area contributed by atoms with Crippen LogP contribution in [-0.4, -0.2) is 51.9 Å². The summed E-state index contributed by atoms with van der Waals surface area (Å²) in [5.74, 6) is 1.75. The van der Waals surface area contributed by atoms with E-state index >= 15 is 0 Å². The Morgan fingerprint density at radius 1 is 1.32 bits per heavy atom. The fraction of sp³-hybridized carbons (Fsp3) is 0.667. The van der Waals surface area contributed by atoms with Crippen LogP contribution in [0.5, 0.6) is 5.75 Å². The summed E-state index contributed by atoms with van der Waals surface area (Å²) in [5, 5.41) is 3.31. The predicted molar refractivity (Wildman–Crippen MR) is 90.4 cm³/mol. The largest absolute Gasteiger partial charge is 0.493 e. The molecule has 0 bridgehead atoms. The Morgan fingerprint density at radius 3 is 3.05 bits per heavy atom. The van der Waals surface area contributed by atoms with E-state index in [4.69, 9.17) is 9.47 Å². The first kappa shape index (κ1) is 17.3. The van der Waals surface area contributed by atoms with Gasteiger partial charge in [-0.15, -0.1) is 0 Å².